The standard InChI is InChI=1S/C15H22N2/c1-14(2)9-16-15(3,4)12-10-7-5-6-8-11(10)17-13(12)14/h5-8,12-13,16-17H,9H2,1-4H3/t12-,13+/m0/s1. The minimum Gasteiger partial charge on any atom is -0.381 e. The zero-order chi connectivity index (χ0) is 12.3. The molecule has 1 aromatic carbocycles. The first kappa shape index (κ1) is 11.1. The average Bonchev–Trinajstić information content (AvgIpc) is 2.66. The Morgan fingerprint density at radius 3 is 2.59 bits per heavy atom. The lowest BCUT2D eigenvalue weighted by Crippen LogP contribution is -2.61. The molecule has 2 atom stereocenters. The maximum Gasteiger partial charge on any atom is 0.0411 e. The molecule has 1 fully saturated rings. The Hall–Kier alpha value is -1.02. The highest BCUT2D eigenvalue weighted by molar-refractivity contribution is 5.61. The summed E-state index contributed by atoms with van der Waals surface area (Å²) in [6.07, 6.45) is 0. The Bertz CT molecular complexity index is 448. The third kappa shape index (κ3) is 1.50. The number of nitrogens with one attached hydrogen (secondary N) is 2. The first-order chi connectivity index (χ1) is 7.92. The van der Waals surface area contributed by atoms with Crippen molar-refractivity contribution < 1.29 is 0 Å². The van der Waals surface area contributed by atoms with Gasteiger partial charge in [0.25, 0.3) is 0 Å². The molecule has 0 amide bonds. The van der Waals surface area contributed by atoms with Crippen molar-refractivity contribution in [2.24, 2.45) is 5.41 Å². The van der Waals surface area contributed by atoms with E-state index in [0.29, 0.717) is 17.4 Å². The van der Waals surface area contributed by atoms with Gasteiger partial charge >= 0.3 is 0 Å². The third-order valence-electron chi connectivity index (χ3n) is 4.56. The highest BCUT2D eigenvalue weighted by atomic mass is 15.1. The summed E-state index contributed by atoms with van der Waals surface area (Å²) >= 11 is 0. The van der Waals surface area contributed by atoms with Gasteiger partial charge in [-0.3, -0.25) is 0 Å². The van der Waals surface area contributed by atoms with Crippen molar-refractivity contribution in [2.45, 2.75) is 45.2 Å². The maximum atomic E-state index is 3.74. The minimum atomic E-state index is 0.166. The van der Waals surface area contributed by atoms with Crippen LogP contribution in [0.3, 0.4) is 0 Å². The van der Waals surface area contributed by atoms with Crippen molar-refractivity contribution in [1.29, 1.82) is 0 Å². The molecule has 2 aliphatic rings. The van der Waals surface area contributed by atoms with Gasteiger partial charge in [0, 0.05) is 29.7 Å². The zero-order valence-electron chi connectivity index (χ0n) is 11.2. The zero-order valence-corrected chi connectivity index (χ0v) is 11.2. The molecule has 1 aromatic rings. The molecule has 0 radical (unpaired) electrons. The van der Waals surface area contributed by atoms with Crippen LogP contribution in [-0.2, 0) is 0 Å². The molecule has 0 unspecified atom stereocenters. The first-order valence-corrected chi connectivity index (χ1v) is 6.52. The van der Waals surface area contributed by atoms with Crippen LogP contribution in [0.2, 0.25) is 0 Å². The van der Waals surface area contributed by atoms with Gasteiger partial charge in [-0.05, 0) is 30.9 Å². The van der Waals surface area contributed by atoms with Crippen LogP contribution in [0.25, 0.3) is 0 Å². The molecule has 92 valence electrons. The van der Waals surface area contributed by atoms with E-state index in [1.165, 1.54) is 11.3 Å². The van der Waals surface area contributed by atoms with Crippen molar-refractivity contribution in [1.82, 2.24) is 5.32 Å². The molecule has 17 heavy (non-hydrogen) atoms. The van der Waals surface area contributed by atoms with E-state index in [-0.39, 0.29) is 5.54 Å². The molecular weight excluding hydrogens is 208 g/mol. The van der Waals surface area contributed by atoms with Gasteiger partial charge in [-0.25, -0.2) is 0 Å². The summed E-state index contributed by atoms with van der Waals surface area (Å²) in [6, 6.07) is 9.30. The molecule has 0 saturated carbocycles. The van der Waals surface area contributed by atoms with E-state index in [1.807, 2.05) is 0 Å². The molecule has 0 aliphatic carbocycles. The topological polar surface area (TPSA) is 24.1 Å². The van der Waals surface area contributed by atoms with E-state index in [1.54, 1.807) is 0 Å². The summed E-state index contributed by atoms with van der Waals surface area (Å²) in [4.78, 5) is 0. The Labute approximate surface area is 104 Å². The van der Waals surface area contributed by atoms with Gasteiger partial charge in [-0.15, -0.1) is 0 Å². The van der Waals surface area contributed by atoms with Crippen LogP contribution < -0.4 is 10.6 Å². The number of fused-ring (bicyclic) bond motifs is 3. The van der Waals surface area contributed by atoms with Gasteiger partial charge in [0.1, 0.15) is 0 Å². The summed E-state index contributed by atoms with van der Waals surface area (Å²) in [5.41, 5.74) is 3.26. The molecule has 1 saturated heterocycles. The van der Waals surface area contributed by atoms with Crippen molar-refractivity contribution in [3.63, 3.8) is 0 Å². The summed E-state index contributed by atoms with van der Waals surface area (Å²) in [6.45, 7) is 10.4. The summed E-state index contributed by atoms with van der Waals surface area (Å²) in [7, 11) is 0. The quantitative estimate of drug-likeness (QED) is 0.716. The smallest absolute Gasteiger partial charge is 0.0411 e. The predicted molar refractivity (Wildman–Crippen MR) is 72.5 cm³/mol. The second-order valence-electron chi connectivity index (χ2n) is 6.75. The molecule has 0 bridgehead atoms. The van der Waals surface area contributed by atoms with Gasteiger partial charge in [0.15, 0.2) is 0 Å². The number of piperidine rings is 1. The molecule has 2 nitrogen and oxygen atoms in total. The van der Waals surface area contributed by atoms with Crippen molar-refractivity contribution >= 4 is 5.69 Å². The SMILES string of the molecule is CC1(C)CNC(C)(C)[C@H]2c3ccccc3N[C@H]21. The van der Waals surface area contributed by atoms with E-state index in [0.717, 1.165) is 6.54 Å². The second kappa shape index (κ2) is 3.26. The van der Waals surface area contributed by atoms with Gasteiger partial charge in [-0.2, -0.15) is 0 Å². The Morgan fingerprint density at radius 1 is 1.12 bits per heavy atom. The number of hydrogen-bond acceptors (Lipinski definition) is 2. The normalized spacial score (nSPS) is 32.5. The number of para-hydroxylation sites is 1. The van der Waals surface area contributed by atoms with E-state index < -0.39 is 0 Å². The molecule has 2 heterocycles. The van der Waals surface area contributed by atoms with Gasteiger partial charge < -0.3 is 10.6 Å². The highest BCUT2D eigenvalue weighted by Crippen LogP contribution is 2.50. The monoisotopic (exact) mass is 230 g/mol. The largest absolute Gasteiger partial charge is 0.381 e. The van der Waals surface area contributed by atoms with Gasteiger partial charge in [0.2, 0.25) is 0 Å². The first-order valence-electron chi connectivity index (χ1n) is 6.52. The lowest BCUT2D eigenvalue weighted by atomic mass is 9.66. The summed E-state index contributed by atoms with van der Waals surface area (Å²) in [5.74, 6) is 0.558. The fourth-order valence-corrected chi connectivity index (χ4v) is 3.46. The van der Waals surface area contributed by atoms with Gasteiger partial charge in [0.05, 0.1) is 0 Å². The van der Waals surface area contributed by atoms with Crippen LogP contribution in [0.1, 0.15) is 39.2 Å². The van der Waals surface area contributed by atoms with Crippen LogP contribution in [0.4, 0.5) is 5.69 Å². The molecule has 2 N–H and O–H groups in total. The molecular formula is C15H22N2. The van der Waals surface area contributed by atoms with Crippen molar-refractivity contribution in [2.75, 3.05) is 11.9 Å². The Balaban J connectivity index is 2.11. The number of hydrogen-bond donors (Lipinski definition) is 2. The Kier molecular flexibility index (Phi) is 2.13. The number of anilines is 1. The lowest BCUT2D eigenvalue weighted by molar-refractivity contribution is 0.132. The van der Waals surface area contributed by atoms with E-state index in [2.05, 4.69) is 62.6 Å². The van der Waals surface area contributed by atoms with Crippen LogP contribution in [-0.4, -0.2) is 18.1 Å². The summed E-state index contributed by atoms with van der Waals surface area (Å²) < 4.78 is 0. The Morgan fingerprint density at radius 2 is 1.82 bits per heavy atom. The fraction of sp³-hybridized carbons (Fsp3) is 0.600. The number of benzene rings is 1. The van der Waals surface area contributed by atoms with Gasteiger partial charge in [-0.1, -0.05) is 32.0 Å². The summed E-state index contributed by atoms with van der Waals surface area (Å²) in [5, 5.41) is 7.46. The van der Waals surface area contributed by atoms with E-state index >= 15 is 0 Å². The maximum absolute atomic E-state index is 3.74. The van der Waals surface area contributed by atoms with Crippen LogP contribution in [0.5, 0.6) is 0 Å². The molecule has 3 rings (SSSR count). The molecule has 0 spiro atoms. The molecule has 0 aromatic heterocycles. The molecule has 2 aliphatic heterocycles. The second-order valence-corrected chi connectivity index (χ2v) is 6.75. The number of rotatable bonds is 0. The van der Waals surface area contributed by atoms with E-state index in [4.69, 9.17) is 0 Å². The van der Waals surface area contributed by atoms with Crippen molar-refractivity contribution in [3.05, 3.63) is 29.8 Å². The lowest BCUT2D eigenvalue weighted by Gasteiger charge is -2.50. The molecule has 2 heteroatoms. The van der Waals surface area contributed by atoms with E-state index in [9.17, 15) is 0 Å². The predicted octanol–water partition coefficient (Wildman–Crippen LogP) is 2.97. The van der Waals surface area contributed by atoms with Crippen LogP contribution >= 0.6 is 0 Å². The van der Waals surface area contributed by atoms with Crippen LogP contribution in [0, 0.1) is 5.41 Å². The minimum absolute atomic E-state index is 0.166. The third-order valence-corrected chi connectivity index (χ3v) is 4.56. The highest BCUT2D eigenvalue weighted by Gasteiger charge is 2.51. The fourth-order valence-electron chi connectivity index (χ4n) is 3.46. The van der Waals surface area contributed by atoms with Crippen LogP contribution in [0.15, 0.2) is 24.3 Å². The van der Waals surface area contributed by atoms with Crippen molar-refractivity contribution in [3.8, 4) is 0 Å². The average molecular weight is 230 g/mol.